The quantitative estimate of drug-likeness (QED) is 0.827. The van der Waals surface area contributed by atoms with E-state index in [0.717, 1.165) is 13.1 Å². The maximum atomic E-state index is 5.63. The van der Waals surface area contributed by atoms with Crippen LogP contribution in [-0.4, -0.2) is 51.6 Å². The number of ether oxygens (including phenoxy) is 1. The molecule has 1 aliphatic rings. The predicted molar refractivity (Wildman–Crippen MR) is 66.2 cm³/mol. The molecule has 1 aliphatic heterocycles. The molecular weight excluding hydrogens is 248 g/mol. The molecule has 2 aromatic heterocycles. The topological polar surface area (TPSA) is 95.2 Å². The molecule has 8 nitrogen and oxygen atoms in total. The average molecular weight is 264 g/mol. The van der Waals surface area contributed by atoms with Gasteiger partial charge in [0, 0.05) is 19.3 Å². The summed E-state index contributed by atoms with van der Waals surface area (Å²) < 4.78 is 12.5. The number of hydrogen-bond acceptors (Lipinski definition) is 7. The van der Waals surface area contributed by atoms with Crippen LogP contribution >= 0.6 is 0 Å². The highest BCUT2D eigenvalue weighted by Crippen LogP contribution is 2.18. The number of nitrogens with zero attached hydrogens (tertiary/aromatic N) is 5. The Morgan fingerprint density at radius 2 is 2.42 bits per heavy atom. The van der Waals surface area contributed by atoms with E-state index in [1.54, 1.807) is 17.1 Å². The number of nitrogens with two attached hydrogens (primary N) is 1. The van der Waals surface area contributed by atoms with Crippen LogP contribution in [0.3, 0.4) is 0 Å². The number of nitrogen functional groups attached to an aromatic ring is 1. The Kier molecular flexibility index (Phi) is 3.18. The molecule has 0 radical (unpaired) electrons. The fraction of sp³-hybridized carbons (Fsp3) is 0.545. The lowest BCUT2D eigenvalue weighted by Crippen LogP contribution is -2.35. The third-order valence-corrected chi connectivity index (χ3v) is 2.99. The Morgan fingerprint density at radius 3 is 3.16 bits per heavy atom. The summed E-state index contributed by atoms with van der Waals surface area (Å²) in [6.07, 6.45) is 3.17. The number of anilines is 1. The number of hydrogen-bond donors (Lipinski definition) is 1. The van der Waals surface area contributed by atoms with Crippen molar-refractivity contribution >= 4 is 5.69 Å². The first-order valence-corrected chi connectivity index (χ1v) is 6.11. The van der Waals surface area contributed by atoms with E-state index in [9.17, 15) is 0 Å². The molecule has 0 aromatic carbocycles. The fourth-order valence-corrected chi connectivity index (χ4v) is 2.00. The highest BCUT2D eigenvalue weighted by atomic mass is 16.5. The Hall–Kier alpha value is -1.93. The van der Waals surface area contributed by atoms with Crippen molar-refractivity contribution in [3.05, 3.63) is 24.1 Å². The molecule has 1 saturated heterocycles. The van der Waals surface area contributed by atoms with Gasteiger partial charge in [0.1, 0.15) is 12.6 Å². The van der Waals surface area contributed by atoms with Crippen molar-refractivity contribution in [3.63, 3.8) is 0 Å². The maximum Gasteiger partial charge on any atom is 0.248 e. The van der Waals surface area contributed by atoms with Crippen LogP contribution < -0.4 is 5.73 Å². The van der Waals surface area contributed by atoms with E-state index in [4.69, 9.17) is 15.0 Å². The van der Waals surface area contributed by atoms with Gasteiger partial charge in [-0.1, -0.05) is 5.16 Å². The summed E-state index contributed by atoms with van der Waals surface area (Å²) >= 11 is 0. The van der Waals surface area contributed by atoms with E-state index < -0.39 is 0 Å². The smallest absolute Gasteiger partial charge is 0.248 e. The van der Waals surface area contributed by atoms with Gasteiger partial charge in [0.15, 0.2) is 0 Å². The van der Waals surface area contributed by atoms with Crippen LogP contribution in [-0.2, 0) is 11.3 Å². The zero-order valence-electron chi connectivity index (χ0n) is 10.7. The minimum absolute atomic E-state index is 0.126. The summed E-state index contributed by atoms with van der Waals surface area (Å²) in [6.45, 7) is 2.79. The van der Waals surface area contributed by atoms with Crippen LogP contribution in [0.25, 0.3) is 0 Å². The summed E-state index contributed by atoms with van der Waals surface area (Å²) in [5, 5.41) is 8.04. The van der Waals surface area contributed by atoms with Crippen molar-refractivity contribution in [2.75, 3.05) is 32.5 Å². The van der Waals surface area contributed by atoms with E-state index in [1.807, 2.05) is 7.05 Å². The molecule has 8 heteroatoms. The van der Waals surface area contributed by atoms with Gasteiger partial charge in [0.05, 0.1) is 18.5 Å². The summed E-state index contributed by atoms with van der Waals surface area (Å²) in [4.78, 5) is 6.52. The third-order valence-electron chi connectivity index (χ3n) is 2.99. The first-order valence-electron chi connectivity index (χ1n) is 6.11. The van der Waals surface area contributed by atoms with Gasteiger partial charge >= 0.3 is 0 Å². The zero-order chi connectivity index (χ0) is 13.2. The van der Waals surface area contributed by atoms with Gasteiger partial charge in [-0.05, 0) is 7.05 Å². The number of likely N-dealkylation sites (N-methyl/N-ethyl adjacent to an activating group) is 1. The van der Waals surface area contributed by atoms with Gasteiger partial charge in [-0.15, -0.1) is 0 Å². The SMILES string of the molecule is CN1CCOC(c2noc(Cn3cc(N)cn3)n2)C1. The summed E-state index contributed by atoms with van der Waals surface area (Å²) in [6, 6.07) is 0. The molecule has 1 fully saturated rings. The van der Waals surface area contributed by atoms with Crippen molar-refractivity contribution in [2.45, 2.75) is 12.6 Å². The lowest BCUT2D eigenvalue weighted by molar-refractivity contribution is -0.0264. The monoisotopic (exact) mass is 264 g/mol. The summed E-state index contributed by atoms with van der Waals surface area (Å²) in [7, 11) is 2.04. The van der Waals surface area contributed by atoms with Gasteiger partial charge < -0.3 is 19.9 Å². The molecule has 0 saturated carbocycles. The average Bonchev–Trinajstić information content (AvgIpc) is 2.99. The van der Waals surface area contributed by atoms with Crippen molar-refractivity contribution in [1.29, 1.82) is 0 Å². The number of morpholine rings is 1. The van der Waals surface area contributed by atoms with E-state index in [0.29, 0.717) is 30.6 Å². The molecule has 0 aliphatic carbocycles. The molecule has 1 unspecified atom stereocenters. The minimum atomic E-state index is -0.126. The van der Waals surface area contributed by atoms with Gasteiger partial charge in [0.2, 0.25) is 11.7 Å². The Labute approximate surface area is 110 Å². The molecule has 3 rings (SSSR count). The lowest BCUT2D eigenvalue weighted by atomic mass is 10.3. The minimum Gasteiger partial charge on any atom is -0.396 e. The highest BCUT2D eigenvalue weighted by molar-refractivity contribution is 5.30. The molecule has 1 atom stereocenters. The predicted octanol–water partition coefficient (Wildman–Crippen LogP) is -0.100. The molecule has 0 spiro atoms. The number of aromatic nitrogens is 4. The van der Waals surface area contributed by atoms with Gasteiger partial charge in [-0.25, -0.2) is 0 Å². The molecule has 0 amide bonds. The first-order chi connectivity index (χ1) is 9.20. The largest absolute Gasteiger partial charge is 0.396 e. The third kappa shape index (κ3) is 2.74. The molecule has 102 valence electrons. The molecule has 19 heavy (non-hydrogen) atoms. The second kappa shape index (κ2) is 4.98. The lowest BCUT2D eigenvalue weighted by Gasteiger charge is -2.27. The van der Waals surface area contributed by atoms with Gasteiger partial charge in [-0.3, -0.25) is 4.68 Å². The van der Waals surface area contributed by atoms with Crippen LogP contribution in [0.4, 0.5) is 5.69 Å². The van der Waals surface area contributed by atoms with E-state index in [1.165, 1.54) is 0 Å². The zero-order valence-corrected chi connectivity index (χ0v) is 10.7. The standard InChI is InChI=1S/C11H16N6O2/c1-16-2-3-18-9(6-16)11-14-10(19-15-11)7-17-5-8(12)4-13-17/h4-5,9H,2-3,6-7,12H2,1H3. The van der Waals surface area contributed by atoms with Gasteiger partial charge in [-0.2, -0.15) is 10.1 Å². The van der Waals surface area contributed by atoms with Crippen LogP contribution in [0.1, 0.15) is 17.8 Å². The van der Waals surface area contributed by atoms with E-state index in [-0.39, 0.29) is 6.10 Å². The van der Waals surface area contributed by atoms with Crippen molar-refractivity contribution in [2.24, 2.45) is 0 Å². The molecular formula is C11H16N6O2. The Bertz CT molecular complexity index is 551. The maximum absolute atomic E-state index is 5.63. The summed E-state index contributed by atoms with van der Waals surface area (Å²) in [5.74, 6) is 1.08. The molecule has 3 heterocycles. The molecule has 0 bridgehead atoms. The number of rotatable bonds is 3. The van der Waals surface area contributed by atoms with E-state index >= 15 is 0 Å². The normalized spacial score (nSPS) is 20.8. The first kappa shape index (κ1) is 12.1. The van der Waals surface area contributed by atoms with Crippen molar-refractivity contribution in [3.8, 4) is 0 Å². The second-order valence-electron chi connectivity index (χ2n) is 4.64. The van der Waals surface area contributed by atoms with Crippen LogP contribution in [0.5, 0.6) is 0 Å². The van der Waals surface area contributed by atoms with Crippen molar-refractivity contribution in [1.82, 2.24) is 24.8 Å². The molecule has 2 N–H and O–H groups in total. The van der Waals surface area contributed by atoms with Gasteiger partial charge in [0.25, 0.3) is 0 Å². The summed E-state index contributed by atoms with van der Waals surface area (Å²) in [5.41, 5.74) is 6.20. The fourth-order valence-electron chi connectivity index (χ4n) is 2.00. The molecule has 2 aromatic rings. The van der Waals surface area contributed by atoms with Crippen molar-refractivity contribution < 1.29 is 9.26 Å². The Morgan fingerprint density at radius 1 is 1.53 bits per heavy atom. The van der Waals surface area contributed by atoms with Crippen LogP contribution in [0, 0.1) is 0 Å². The Balaban J connectivity index is 1.69. The highest BCUT2D eigenvalue weighted by Gasteiger charge is 2.24. The van der Waals surface area contributed by atoms with E-state index in [2.05, 4.69) is 20.1 Å². The van der Waals surface area contributed by atoms with Crippen LogP contribution in [0.2, 0.25) is 0 Å². The van der Waals surface area contributed by atoms with Crippen LogP contribution in [0.15, 0.2) is 16.9 Å². The second-order valence-corrected chi connectivity index (χ2v) is 4.64.